The van der Waals surface area contributed by atoms with Crippen molar-refractivity contribution in [1.29, 1.82) is 0 Å². The maximum absolute atomic E-state index is 11.8. The van der Waals surface area contributed by atoms with Gasteiger partial charge in [-0.25, -0.2) is 4.67 Å². The lowest BCUT2D eigenvalue weighted by molar-refractivity contribution is -0.0733. The fraction of sp³-hybridized carbons (Fsp3) is 0.600. The average molecular weight is 358 g/mol. The molecule has 9 heteroatoms. The van der Waals surface area contributed by atoms with Gasteiger partial charge in [-0.15, -0.1) is 0 Å². The van der Waals surface area contributed by atoms with Gasteiger partial charge in [-0.3, -0.25) is 20.5 Å². The van der Waals surface area contributed by atoms with E-state index in [0.717, 1.165) is 13.1 Å². The van der Waals surface area contributed by atoms with E-state index in [4.69, 9.17) is 25.6 Å². The average Bonchev–Trinajstić information content (AvgIpc) is 2.58. The minimum absolute atomic E-state index is 0.0847. The number of aromatic hydroxyl groups is 1. The van der Waals surface area contributed by atoms with Crippen molar-refractivity contribution in [2.45, 2.75) is 13.1 Å². The summed E-state index contributed by atoms with van der Waals surface area (Å²) in [6, 6.07) is 7.09. The summed E-state index contributed by atoms with van der Waals surface area (Å²) in [4.78, 5) is 2.16. The van der Waals surface area contributed by atoms with E-state index in [-0.39, 0.29) is 6.17 Å². The van der Waals surface area contributed by atoms with Gasteiger partial charge in [0.1, 0.15) is 5.75 Å². The van der Waals surface area contributed by atoms with Gasteiger partial charge in [-0.1, -0.05) is 17.7 Å². The highest BCUT2D eigenvalue weighted by atomic mass is 31.2. The molecule has 0 saturated carbocycles. The Morgan fingerprint density at radius 3 is 2.21 bits per heavy atom. The monoisotopic (exact) mass is 358 g/mol. The van der Waals surface area contributed by atoms with Gasteiger partial charge in [0.05, 0.1) is 32.6 Å². The summed E-state index contributed by atoms with van der Waals surface area (Å²) in [6.07, 6.45) is -0.0847. The lowest BCUT2D eigenvalue weighted by Gasteiger charge is -2.44. The second-order valence-electron chi connectivity index (χ2n) is 5.87. The number of nitrogens with two attached hydrogens (primary N) is 2. The van der Waals surface area contributed by atoms with Crippen LogP contribution in [0.1, 0.15) is 5.56 Å². The Balaban J connectivity index is 0.000000219. The molecule has 1 aromatic rings. The van der Waals surface area contributed by atoms with Crippen molar-refractivity contribution in [1.82, 2.24) is 9.57 Å². The van der Waals surface area contributed by atoms with Crippen molar-refractivity contribution in [2.24, 2.45) is 11.0 Å². The lowest BCUT2D eigenvalue weighted by Crippen LogP contribution is -2.57. The third-order valence-electron chi connectivity index (χ3n) is 3.98. The molecule has 0 spiro atoms. The molecule has 1 aromatic carbocycles. The van der Waals surface area contributed by atoms with Gasteiger partial charge < -0.3 is 14.6 Å². The highest BCUT2D eigenvalue weighted by Gasteiger charge is 2.36. The molecule has 0 amide bonds. The number of phenols is 1. The maximum atomic E-state index is 11.8. The van der Waals surface area contributed by atoms with Crippen LogP contribution in [-0.4, -0.2) is 66.9 Å². The van der Waals surface area contributed by atoms with E-state index in [0.29, 0.717) is 38.7 Å². The number of phenolic OH excluding ortho intramolecular Hbond substituents is 1. The van der Waals surface area contributed by atoms with Gasteiger partial charge in [0.2, 0.25) is 0 Å². The van der Waals surface area contributed by atoms with Gasteiger partial charge in [-0.2, -0.15) is 0 Å². The Hall–Kier alpha value is -0.990. The van der Waals surface area contributed by atoms with Gasteiger partial charge >= 0.3 is 0 Å². The van der Waals surface area contributed by atoms with Crippen molar-refractivity contribution in [3.05, 3.63) is 29.8 Å². The zero-order chi connectivity index (χ0) is 17.6. The van der Waals surface area contributed by atoms with Crippen LogP contribution in [0.3, 0.4) is 0 Å². The molecule has 2 heterocycles. The third kappa shape index (κ3) is 5.82. The number of ether oxygens (including phenoxy) is 2. The van der Waals surface area contributed by atoms with E-state index in [1.165, 1.54) is 5.56 Å². The minimum Gasteiger partial charge on any atom is -0.508 e. The second kappa shape index (κ2) is 8.92. The van der Waals surface area contributed by atoms with Gasteiger partial charge in [0, 0.05) is 19.6 Å². The van der Waals surface area contributed by atoms with Crippen molar-refractivity contribution < 1.29 is 19.1 Å². The number of aryl methyl sites for hydroxylation is 1. The molecule has 0 radical (unpaired) electrons. The normalized spacial score (nSPS) is 23.4. The standard InChI is InChI=1S/C8H19N4O3P.C7H8O/c9-16(10,13)12-3-6-15-7-8(12)11-1-4-14-5-2-11;1-6-2-4-7(8)5-3-6/h8H,1-7H2,(H4,9,10,13);2-5,8H,1H3. The maximum Gasteiger partial charge on any atom is 0.277 e. The Kier molecular flexibility index (Phi) is 7.18. The zero-order valence-electron chi connectivity index (χ0n) is 14.0. The minimum atomic E-state index is -3.19. The van der Waals surface area contributed by atoms with Crippen molar-refractivity contribution in [3.8, 4) is 5.75 Å². The molecule has 3 rings (SSSR count). The van der Waals surface area contributed by atoms with E-state index in [2.05, 4.69) is 4.90 Å². The number of benzene rings is 1. The molecule has 2 saturated heterocycles. The van der Waals surface area contributed by atoms with E-state index in [1.807, 2.05) is 19.1 Å². The lowest BCUT2D eigenvalue weighted by atomic mass is 10.2. The summed E-state index contributed by atoms with van der Waals surface area (Å²) in [5.74, 6) is 0.329. The summed E-state index contributed by atoms with van der Waals surface area (Å²) in [7, 11) is -3.19. The molecular weight excluding hydrogens is 331 g/mol. The van der Waals surface area contributed by atoms with Crippen molar-refractivity contribution >= 4 is 7.59 Å². The Morgan fingerprint density at radius 1 is 1.08 bits per heavy atom. The first kappa shape index (κ1) is 19.3. The Labute approximate surface area is 142 Å². The summed E-state index contributed by atoms with van der Waals surface area (Å²) in [6.45, 7) is 6.49. The zero-order valence-corrected chi connectivity index (χ0v) is 14.9. The molecule has 0 aromatic heterocycles. The highest BCUT2D eigenvalue weighted by molar-refractivity contribution is 7.56. The predicted molar refractivity (Wildman–Crippen MR) is 92.5 cm³/mol. The van der Waals surface area contributed by atoms with Crippen LogP contribution in [0.25, 0.3) is 0 Å². The number of morpholine rings is 2. The molecule has 2 aliphatic rings. The molecular formula is C15H27N4O4P. The smallest absolute Gasteiger partial charge is 0.277 e. The predicted octanol–water partition coefficient (Wildman–Crippen LogP) is 0.703. The van der Waals surface area contributed by atoms with Crippen LogP contribution in [0.5, 0.6) is 5.75 Å². The second-order valence-corrected chi connectivity index (χ2v) is 7.73. The molecule has 136 valence electrons. The third-order valence-corrected chi connectivity index (χ3v) is 5.25. The van der Waals surface area contributed by atoms with Crippen LogP contribution in [0.4, 0.5) is 0 Å². The number of hydrogen-bond donors (Lipinski definition) is 3. The van der Waals surface area contributed by atoms with E-state index >= 15 is 0 Å². The molecule has 1 unspecified atom stereocenters. The first-order valence-electron chi connectivity index (χ1n) is 7.97. The van der Waals surface area contributed by atoms with Gasteiger partial charge in [0.25, 0.3) is 7.59 Å². The van der Waals surface area contributed by atoms with Gasteiger partial charge in [0.15, 0.2) is 0 Å². The van der Waals surface area contributed by atoms with Crippen LogP contribution in [-0.2, 0) is 14.0 Å². The largest absolute Gasteiger partial charge is 0.508 e. The van der Waals surface area contributed by atoms with Crippen LogP contribution < -0.4 is 11.0 Å². The van der Waals surface area contributed by atoms with Crippen LogP contribution in [0.15, 0.2) is 24.3 Å². The van der Waals surface area contributed by atoms with Crippen LogP contribution in [0, 0.1) is 6.92 Å². The summed E-state index contributed by atoms with van der Waals surface area (Å²) in [5, 5.41) is 8.76. The molecule has 2 aliphatic heterocycles. The molecule has 0 aliphatic carbocycles. The van der Waals surface area contributed by atoms with E-state index < -0.39 is 7.59 Å². The number of rotatable bonds is 2. The SMILES string of the molecule is Cc1ccc(O)cc1.NP(N)(=O)N1CCOCC1N1CCOCC1. The quantitative estimate of drug-likeness (QED) is 0.662. The number of nitrogens with zero attached hydrogens (tertiary/aromatic N) is 2. The van der Waals surface area contributed by atoms with Crippen LogP contribution >= 0.6 is 7.59 Å². The molecule has 24 heavy (non-hydrogen) atoms. The fourth-order valence-corrected chi connectivity index (χ4v) is 3.68. The molecule has 2 fully saturated rings. The van der Waals surface area contributed by atoms with Gasteiger partial charge in [-0.05, 0) is 19.1 Å². The summed E-state index contributed by atoms with van der Waals surface area (Å²) >= 11 is 0. The Bertz CT molecular complexity index is 524. The van der Waals surface area contributed by atoms with Crippen molar-refractivity contribution in [2.75, 3.05) is 46.1 Å². The van der Waals surface area contributed by atoms with Crippen LogP contribution in [0.2, 0.25) is 0 Å². The summed E-state index contributed by atoms with van der Waals surface area (Å²) < 4.78 is 24.1. The highest BCUT2D eigenvalue weighted by Crippen LogP contribution is 2.36. The first-order valence-corrected chi connectivity index (χ1v) is 9.77. The van der Waals surface area contributed by atoms with E-state index in [1.54, 1.807) is 16.8 Å². The van der Waals surface area contributed by atoms with Crippen molar-refractivity contribution in [3.63, 3.8) is 0 Å². The summed E-state index contributed by atoms with van der Waals surface area (Å²) in [5.41, 5.74) is 12.3. The Morgan fingerprint density at radius 2 is 1.67 bits per heavy atom. The topological polar surface area (TPSA) is 114 Å². The molecule has 8 nitrogen and oxygen atoms in total. The number of hydrogen-bond acceptors (Lipinski definition) is 5. The molecule has 0 bridgehead atoms. The fourth-order valence-electron chi connectivity index (χ4n) is 2.66. The first-order chi connectivity index (χ1) is 11.4. The molecule has 5 N–H and O–H groups in total. The molecule has 1 atom stereocenters. The van der Waals surface area contributed by atoms with E-state index in [9.17, 15) is 4.57 Å².